The van der Waals surface area contributed by atoms with Crippen molar-refractivity contribution in [1.82, 2.24) is 20.1 Å². The monoisotopic (exact) mass is 445 g/mol. The van der Waals surface area contributed by atoms with Gasteiger partial charge in [0.25, 0.3) is 0 Å². The Bertz CT molecular complexity index is 1160. The fraction of sp³-hybridized carbons (Fsp3) is 0.360. The molecular formula is C25H27N5O3. The van der Waals surface area contributed by atoms with Crippen LogP contribution in [0.1, 0.15) is 30.9 Å². The third-order valence-corrected chi connectivity index (χ3v) is 6.22. The van der Waals surface area contributed by atoms with Crippen LogP contribution in [0.5, 0.6) is 5.75 Å². The normalized spacial score (nSPS) is 17.9. The molecule has 8 nitrogen and oxygen atoms in total. The minimum Gasteiger partial charge on any atom is -0.497 e. The van der Waals surface area contributed by atoms with E-state index in [4.69, 9.17) is 9.84 Å². The standard InChI is InChI=1S/C25H27N5O3/c1-33-20-6-4-5-19(14-20)29-16-18(13-24(29)31)25(32)27-11-12-30-23(17-8-9-17)15-22(28-30)21-7-2-3-10-26-21/h2-7,10,14-15,17-18H,8-9,11-13,16H2,1H3,(H,27,32)/t18-/m1/s1. The number of carbonyl (C=O) groups excluding carboxylic acids is 2. The molecule has 0 bridgehead atoms. The lowest BCUT2D eigenvalue weighted by Crippen LogP contribution is -2.35. The van der Waals surface area contributed by atoms with Crippen molar-refractivity contribution in [3.8, 4) is 17.1 Å². The second kappa shape index (κ2) is 9.05. The minimum absolute atomic E-state index is 0.0495. The van der Waals surface area contributed by atoms with E-state index in [1.165, 1.54) is 18.5 Å². The Morgan fingerprint density at radius 3 is 2.79 bits per heavy atom. The molecule has 3 aromatic rings. The van der Waals surface area contributed by atoms with E-state index in [1.807, 2.05) is 47.1 Å². The highest BCUT2D eigenvalue weighted by Gasteiger charge is 2.35. The molecule has 1 atom stereocenters. The molecular weight excluding hydrogens is 418 g/mol. The first kappa shape index (κ1) is 21.2. The van der Waals surface area contributed by atoms with Crippen molar-refractivity contribution in [1.29, 1.82) is 0 Å². The Hall–Kier alpha value is -3.68. The number of methoxy groups -OCH3 is 1. The Morgan fingerprint density at radius 2 is 2.03 bits per heavy atom. The van der Waals surface area contributed by atoms with E-state index >= 15 is 0 Å². The van der Waals surface area contributed by atoms with Gasteiger partial charge in [0.2, 0.25) is 11.8 Å². The van der Waals surface area contributed by atoms with Crippen LogP contribution in [0.4, 0.5) is 5.69 Å². The molecule has 1 N–H and O–H groups in total. The number of ether oxygens (including phenoxy) is 1. The van der Waals surface area contributed by atoms with Gasteiger partial charge in [0, 0.05) is 49.1 Å². The molecule has 3 heterocycles. The van der Waals surface area contributed by atoms with Crippen molar-refractivity contribution in [2.45, 2.75) is 31.7 Å². The maximum absolute atomic E-state index is 12.8. The van der Waals surface area contributed by atoms with Crippen LogP contribution in [0.2, 0.25) is 0 Å². The predicted molar refractivity (Wildman–Crippen MR) is 124 cm³/mol. The summed E-state index contributed by atoms with van der Waals surface area (Å²) in [4.78, 5) is 31.4. The van der Waals surface area contributed by atoms with Gasteiger partial charge in [-0.05, 0) is 43.2 Å². The number of anilines is 1. The van der Waals surface area contributed by atoms with E-state index < -0.39 is 0 Å². The van der Waals surface area contributed by atoms with Gasteiger partial charge in [0.1, 0.15) is 11.4 Å². The van der Waals surface area contributed by atoms with E-state index in [1.54, 1.807) is 18.2 Å². The Morgan fingerprint density at radius 1 is 1.15 bits per heavy atom. The quantitative estimate of drug-likeness (QED) is 0.576. The van der Waals surface area contributed by atoms with E-state index in [0.29, 0.717) is 31.3 Å². The van der Waals surface area contributed by atoms with Crippen molar-refractivity contribution >= 4 is 17.5 Å². The number of nitrogens with zero attached hydrogens (tertiary/aromatic N) is 4. The molecule has 2 fully saturated rings. The van der Waals surface area contributed by atoms with Crippen molar-refractivity contribution in [3.63, 3.8) is 0 Å². The second-order valence-electron chi connectivity index (χ2n) is 8.56. The fourth-order valence-electron chi connectivity index (χ4n) is 4.30. The summed E-state index contributed by atoms with van der Waals surface area (Å²) in [5, 5.41) is 7.75. The Balaban J connectivity index is 1.20. The maximum atomic E-state index is 12.8. The zero-order valence-electron chi connectivity index (χ0n) is 18.6. The summed E-state index contributed by atoms with van der Waals surface area (Å²) in [7, 11) is 1.59. The number of amides is 2. The van der Waals surface area contributed by atoms with Crippen LogP contribution >= 0.6 is 0 Å². The molecule has 1 aliphatic heterocycles. The lowest BCUT2D eigenvalue weighted by atomic mass is 10.1. The largest absolute Gasteiger partial charge is 0.497 e. The molecule has 8 heteroatoms. The summed E-state index contributed by atoms with van der Waals surface area (Å²) in [6.07, 6.45) is 4.32. The molecule has 1 aromatic carbocycles. The Kier molecular flexibility index (Phi) is 5.81. The molecule has 0 unspecified atom stereocenters. The van der Waals surface area contributed by atoms with Gasteiger partial charge in [-0.25, -0.2) is 0 Å². The first-order valence-corrected chi connectivity index (χ1v) is 11.3. The predicted octanol–water partition coefficient (Wildman–Crippen LogP) is 3.00. The first-order chi connectivity index (χ1) is 16.1. The van der Waals surface area contributed by atoms with E-state index in [0.717, 1.165) is 17.1 Å². The van der Waals surface area contributed by atoms with Crippen LogP contribution < -0.4 is 15.0 Å². The summed E-state index contributed by atoms with van der Waals surface area (Å²) in [6, 6.07) is 15.3. The lowest BCUT2D eigenvalue weighted by Gasteiger charge is -2.17. The van der Waals surface area contributed by atoms with E-state index in [-0.39, 0.29) is 24.2 Å². The highest BCUT2D eigenvalue weighted by molar-refractivity contribution is 6.00. The number of rotatable bonds is 8. The van der Waals surface area contributed by atoms with Crippen molar-refractivity contribution in [3.05, 3.63) is 60.4 Å². The van der Waals surface area contributed by atoms with Crippen LogP contribution in [-0.4, -0.2) is 46.8 Å². The molecule has 1 saturated heterocycles. The molecule has 0 spiro atoms. The second-order valence-corrected chi connectivity index (χ2v) is 8.56. The molecule has 0 radical (unpaired) electrons. The van der Waals surface area contributed by atoms with Gasteiger partial charge in [0.05, 0.1) is 25.3 Å². The van der Waals surface area contributed by atoms with Gasteiger partial charge in [-0.2, -0.15) is 5.10 Å². The van der Waals surface area contributed by atoms with Crippen LogP contribution in [-0.2, 0) is 16.1 Å². The van der Waals surface area contributed by atoms with Crippen LogP contribution in [0, 0.1) is 5.92 Å². The number of hydrogen-bond acceptors (Lipinski definition) is 5. The molecule has 2 aliphatic rings. The minimum atomic E-state index is -0.367. The first-order valence-electron chi connectivity index (χ1n) is 11.3. The molecule has 5 rings (SSSR count). The van der Waals surface area contributed by atoms with Crippen molar-refractivity contribution in [2.75, 3.05) is 25.1 Å². The third kappa shape index (κ3) is 4.60. The number of hydrogen-bond donors (Lipinski definition) is 1. The average molecular weight is 446 g/mol. The van der Waals surface area contributed by atoms with Gasteiger partial charge >= 0.3 is 0 Å². The maximum Gasteiger partial charge on any atom is 0.227 e. The smallest absolute Gasteiger partial charge is 0.227 e. The van der Waals surface area contributed by atoms with Crippen LogP contribution in [0.3, 0.4) is 0 Å². The van der Waals surface area contributed by atoms with Crippen LogP contribution in [0.15, 0.2) is 54.7 Å². The highest BCUT2D eigenvalue weighted by atomic mass is 16.5. The summed E-state index contributed by atoms with van der Waals surface area (Å²) >= 11 is 0. The van der Waals surface area contributed by atoms with Gasteiger partial charge in [-0.3, -0.25) is 19.3 Å². The fourth-order valence-corrected chi connectivity index (χ4v) is 4.30. The average Bonchev–Trinajstić information content (AvgIpc) is 3.49. The van der Waals surface area contributed by atoms with Gasteiger partial charge in [-0.15, -0.1) is 0 Å². The molecule has 2 amide bonds. The summed E-state index contributed by atoms with van der Waals surface area (Å²) in [5.41, 5.74) is 3.66. The Labute approximate surface area is 192 Å². The van der Waals surface area contributed by atoms with E-state index in [9.17, 15) is 9.59 Å². The highest BCUT2D eigenvalue weighted by Crippen LogP contribution is 2.41. The van der Waals surface area contributed by atoms with Crippen LogP contribution in [0.25, 0.3) is 11.4 Å². The molecule has 33 heavy (non-hydrogen) atoms. The van der Waals surface area contributed by atoms with E-state index in [2.05, 4.69) is 16.4 Å². The SMILES string of the molecule is COc1cccc(N2C[C@H](C(=O)NCCn3nc(-c4ccccn4)cc3C3CC3)CC2=O)c1. The van der Waals surface area contributed by atoms with Gasteiger partial charge in [0.15, 0.2) is 0 Å². The third-order valence-electron chi connectivity index (χ3n) is 6.22. The molecule has 2 aromatic heterocycles. The summed E-state index contributed by atoms with van der Waals surface area (Å²) in [5.74, 6) is 0.706. The number of nitrogens with one attached hydrogen (secondary N) is 1. The zero-order valence-corrected chi connectivity index (χ0v) is 18.6. The number of benzene rings is 1. The summed E-state index contributed by atoms with van der Waals surface area (Å²) in [6.45, 7) is 1.42. The molecule has 170 valence electrons. The number of pyridine rings is 1. The topological polar surface area (TPSA) is 89.3 Å². The number of carbonyl (C=O) groups is 2. The summed E-state index contributed by atoms with van der Waals surface area (Å²) < 4.78 is 7.24. The number of aromatic nitrogens is 3. The molecule has 1 saturated carbocycles. The van der Waals surface area contributed by atoms with Gasteiger partial charge < -0.3 is 15.0 Å². The zero-order chi connectivity index (χ0) is 22.8. The van der Waals surface area contributed by atoms with Gasteiger partial charge in [-0.1, -0.05) is 12.1 Å². The van der Waals surface area contributed by atoms with Crippen molar-refractivity contribution in [2.24, 2.45) is 5.92 Å². The van der Waals surface area contributed by atoms with Crippen molar-refractivity contribution < 1.29 is 14.3 Å². The molecule has 1 aliphatic carbocycles. The lowest BCUT2D eigenvalue weighted by molar-refractivity contribution is -0.126.